The van der Waals surface area contributed by atoms with Gasteiger partial charge in [-0.2, -0.15) is 0 Å². The number of nitrogens with zero attached hydrogens (tertiary/aromatic N) is 1. The minimum absolute atomic E-state index is 0.147. The van der Waals surface area contributed by atoms with Gasteiger partial charge >= 0.3 is 0 Å². The molecular formula is C12H24N2O. The monoisotopic (exact) mass is 212 g/mol. The van der Waals surface area contributed by atoms with Crippen LogP contribution in [0.25, 0.3) is 0 Å². The van der Waals surface area contributed by atoms with Gasteiger partial charge in [0, 0.05) is 19.0 Å². The second-order valence-electron chi connectivity index (χ2n) is 4.75. The maximum atomic E-state index is 12.0. The van der Waals surface area contributed by atoms with E-state index in [9.17, 15) is 4.79 Å². The number of rotatable bonds is 4. The zero-order valence-corrected chi connectivity index (χ0v) is 10.2. The highest BCUT2D eigenvalue weighted by molar-refractivity contribution is 5.78. The number of carbonyl (C=O) groups is 1. The van der Waals surface area contributed by atoms with E-state index in [1.165, 1.54) is 12.8 Å². The lowest BCUT2D eigenvalue weighted by molar-refractivity contribution is -0.136. The first-order chi connectivity index (χ1) is 7.11. The third-order valence-electron chi connectivity index (χ3n) is 3.80. The summed E-state index contributed by atoms with van der Waals surface area (Å²) in [5.74, 6) is 0.944. The van der Waals surface area contributed by atoms with Crippen molar-refractivity contribution < 1.29 is 4.79 Å². The van der Waals surface area contributed by atoms with Gasteiger partial charge in [-0.25, -0.2) is 0 Å². The zero-order valence-electron chi connectivity index (χ0n) is 10.2. The lowest BCUT2D eigenvalue weighted by atomic mass is 10.0. The third-order valence-corrected chi connectivity index (χ3v) is 3.80. The Morgan fingerprint density at radius 1 is 1.53 bits per heavy atom. The summed E-state index contributed by atoms with van der Waals surface area (Å²) >= 11 is 0. The van der Waals surface area contributed by atoms with Crippen LogP contribution in [-0.4, -0.2) is 30.4 Å². The van der Waals surface area contributed by atoms with Crippen molar-refractivity contribution in [1.82, 2.24) is 4.90 Å². The van der Waals surface area contributed by atoms with Crippen molar-refractivity contribution in [3.05, 3.63) is 0 Å². The lowest BCUT2D eigenvalue weighted by Crippen LogP contribution is -2.43. The minimum atomic E-state index is 0.147. The molecule has 0 saturated heterocycles. The predicted octanol–water partition coefficient (Wildman–Crippen LogP) is 1.62. The molecule has 0 aromatic heterocycles. The molecule has 0 aromatic rings. The molecule has 1 rings (SSSR count). The molecule has 1 saturated carbocycles. The standard InChI is InChI=1S/C12H24N2O/c1-4-9(2)12(15)14(3)11-7-5-6-10(11)8-13/h9-11H,4-8,13H2,1-3H3. The molecule has 3 heteroatoms. The molecule has 3 nitrogen and oxygen atoms in total. The number of hydrogen-bond donors (Lipinski definition) is 1. The summed E-state index contributed by atoms with van der Waals surface area (Å²) in [6.45, 7) is 4.78. The third kappa shape index (κ3) is 2.71. The average Bonchev–Trinajstić information content (AvgIpc) is 2.73. The Hall–Kier alpha value is -0.570. The highest BCUT2D eigenvalue weighted by Gasteiger charge is 2.32. The normalized spacial score (nSPS) is 27.7. The second kappa shape index (κ2) is 5.50. The van der Waals surface area contributed by atoms with E-state index in [4.69, 9.17) is 5.73 Å². The van der Waals surface area contributed by atoms with Gasteiger partial charge in [0.2, 0.25) is 5.91 Å². The van der Waals surface area contributed by atoms with Crippen molar-refractivity contribution in [2.45, 2.75) is 45.6 Å². The summed E-state index contributed by atoms with van der Waals surface area (Å²) in [5, 5.41) is 0. The van der Waals surface area contributed by atoms with Crippen LogP contribution in [-0.2, 0) is 4.79 Å². The topological polar surface area (TPSA) is 46.3 Å². The first-order valence-corrected chi connectivity index (χ1v) is 6.08. The molecule has 0 aliphatic heterocycles. The van der Waals surface area contributed by atoms with Crippen LogP contribution in [0.15, 0.2) is 0 Å². The Kier molecular flexibility index (Phi) is 4.58. The molecule has 0 spiro atoms. The van der Waals surface area contributed by atoms with Gasteiger partial charge in [-0.05, 0) is 31.7 Å². The molecule has 1 aliphatic carbocycles. The molecule has 1 fully saturated rings. The van der Waals surface area contributed by atoms with Gasteiger partial charge in [-0.1, -0.05) is 20.3 Å². The number of nitrogens with two attached hydrogens (primary N) is 1. The molecule has 2 N–H and O–H groups in total. The average molecular weight is 212 g/mol. The fourth-order valence-corrected chi connectivity index (χ4v) is 2.49. The Morgan fingerprint density at radius 2 is 2.20 bits per heavy atom. The number of hydrogen-bond acceptors (Lipinski definition) is 2. The van der Waals surface area contributed by atoms with Crippen LogP contribution in [0.5, 0.6) is 0 Å². The van der Waals surface area contributed by atoms with Crippen LogP contribution in [0.2, 0.25) is 0 Å². The molecule has 0 heterocycles. The quantitative estimate of drug-likeness (QED) is 0.769. The van der Waals surface area contributed by atoms with E-state index in [0.717, 1.165) is 12.8 Å². The molecule has 3 unspecified atom stereocenters. The molecule has 88 valence electrons. The zero-order chi connectivity index (χ0) is 11.4. The number of amides is 1. The molecular weight excluding hydrogens is 188 g/mol. The second-order valence-corrected chi connectivity index (χ2v) is 4.75. The summed E-state index contributed by atoms with van der Waals surface area (Å²) in [5.41, 5.74) is 5.73. The van der Waals surface area contributed by atoms with Crippen LogP contribution in [0, 0.1) is 11.8 Å². The number of carbonyl (C=O) groups excluding carboxylic acids is 1. The fraction of sp³-hybridized carbons (Fsp3) is 0.917. The van der Waals surface area contributed by atoms with Crippen molar-refractivity contribution in [2.75, 3.05) is 13.6 Å². The largest absolute Gasteiger partial charge is 0.342 e. The van der Waals surface area contributed by atoms with Gasteiger partial charge in [0.25, 0.3) is 0 Å². The van der Waals surface area contributed by atoms with E-state index < -0.39 is 0 Å². The summed E-state index contributed by atoms with van der Waals surface area (Å²) < 4.78 is 0. The van der Waals surface area contributed by atoms with E-state index in [1.807, 2.05) is 18.9 Å². The van der Waals surface area contributed by atoms with Crippen molar-refractivity contribution >= 4 is 5.91 Å². The smallest absolute Gasteiger partial charge is 0.225 e. The summed E-state index contributed by atoms with van der Waals surface area (Å²) in [7, 11) is 1.94. The van der Waals surface area contributed by atoms with Gasteiger partial charge in [0.1, 0.15) is 0 Å². The van der Waals surface area contributed by atoms with Crippen molar-refractivity contribution in [3.8, 4) is 0 Å². The van der Waals surface area contributed by atoms with E-state index >= 15 is 0 Å². The maximum absolute atomic E-state index is 12.0. The molecule has 15 heavy (non-hydrogen) atoms. The molecule has 0 aromatic carbocycles. The van der Waals surface area contributed by atoms with Crippen molar-refractivity contribution in [1.29, 1.82) is 0 Å². The fourth-order valence-electron chi connectivity index (χ4n) is 2.49. The Labute approximate surface area is 93.0 Å². The van der Waals surface area contributed by atoms with E-state index in [2.05, 4.69) is 6.92 Å². The molecule has 1 aliphatic rings. The SMILES string of the molecule is CCC(C)C(=O)N(C)C1CCCC1CN. The van der Waals surface area contributed by atoms with Crippen LogP contribution in [0.3, 0.4) is 0 Å². The predicted molar refractivity (Wildman–Crippen MR) is 62.4 cm³/mol. The van der Waals surface area contributed by atoms with Gasteiger partial charge in [0.15, 0.2) is 0 Å². The Bertz CT molecular complexity index is 218. The van der Waals surface area contributed by atoms with Crippen molar-refractivity contribution in [3.63, 3.8) is 0 Å². The summed E-state index contributed by atoms with van der Waals surface area (Å²) in [6.07, 6.45) is 4.44. The molecule has 0 bridgehead atoms. The van der Waals surface area contributed by atoms with Crippen LogP contribution in [0.4, 0.5) is 0 Å². The highest BCUT2D eigenvalue weighted by atomic mass is 16.2. The maximum Gasteiger partial charge on any atom is 0.225 e. The van der Waals surface area contributed by atoms with Gasteiger partial charge in [-0.3, -0.25) is 4.79 Å². The Morgan fingerprint density at radius 3 is 2.73 bits per heavy atom. The van der Waals surface area contributed by atoms with E-state index in [-0.39, 0.29) is 11.8 Å². The minimum Gasteiger partial charge on any atom is -0.342 e. The molecule has 0 radical (unpaired) electrons. The molecule has 3 atom stereocenters. The van der Waals surface area contributed by atoms with Crippen LogP contribution in [0.1, 0.15) is 39.5 Å². The lowest BCUT2D eigenvalue weighted by Gasteiger charge is -2.31. The van der Waals surface area contributed by atoms with Crippen LogP contribution >= 0.6 is 0 Å². The highest BCUT2D eigenvalue weighted by Crippen LogP contribution is 2.29. The van der Waals surface area contributed by atoms with E-state index in [1.54, 1.807) is 0 Å². The summed E-state index contributed by atoms with van der Waals surface area (Å²) in [6, 6.07) is 0.386. The first kappa shape index (κ1) is 12.5. The molecule has 1 amide bonds. The first-order valence-electron chi connectivity index (χ1n) is 6.08. The van der Waals surface area contributed by atoms with Gasteiger partial charge < -0.3 is 10.6 Å². The van der Waals surface area contributed by atoms with Gasteiger partial charge in [-0.15, -0.1) is 0 Å². The Balaban J connectivity index is 2.58. The van der Waals surface area contributed by atoms with E-state index in [0.29, 0.717) is 18.5 Å². The van der Waals surface area contributed by atoms with Gasteiger partial charge in [0.05, 0.1) is 0 Å². The van der Waals surface area contributed by atoms with Crippen molar-refractivity contribution in [2.24, 2.45) is 17.6 Å². The van der Waals surface area contributed by atoms with Crippen LogP contribution < -0.4 is 5.73 Å². The summed E-state index contributed by atoms with van der Waals surface area (Å²) in [4.78, 5) is 14.0.